The summed E-state index contributed by atoms with van der Waals surface area (Å²) in [5.41, 5.74) is 0.938. The van der Waals surface area contributed by atoms with E-state index in [4.69, 9.17) is 9.47 Å². The molecule has 0 aliphatic carbocycles. The maximum absolute atomic E-state index is 13.7. The zero-order valence-corrected chi connectivity index (χ0v) is 15.8. The highest BCUT2D eigenvalue weighted by atomic mass is 79.9. The maximum Gasteiger partial charge on any atom is 0.319 e. The number of halogens is 2. The van der Waals surface area contributed by atoms with E-state index in [9.17, 15) is 9.18 Å². The van der Waals surface area contributed by atoms with Crippen LogP contribution < -0.4 is 20.1 Å². The molecule has 2 aromatic rings. The summed E-state index contributed by atoms with van der Waals surface area (Å²) < 4.78 is 25.2. The molecule has 0 aliphatic heterocycles. The molecule has 0 spiro atoms. The fraction of sp³-hybridized carbons (Fsp3) is 0.278. The second-order valence-corrected chi connectivity index (χ2v) is 6.20. The van der Waals surface area contributed by atoms with Crippen molar-refractivity contribution in [3.8, 4) is 11.5 Å². The van der Waals surface area contributed by atoms with E-state index in [2.05, 4.69) is 26.6 Å². The number of carbonyl (C=O) groups excluding carboxylic acids is 1. The van der Waals surface area contributed by atoms with Gasteiger partial charge in [-0.15, -0.1) is 0 Å². The van der Waals surface area contributed by atoms with Crippen LogP contribution in [0.3, 0.4) is 0 Å². The van der Waals surface area contributed by atoms with Crippen LogP contribution in [0.1, 0.15) is 25.5 Å². The number of anilines is 1. The van der Waals surface area contributed by atoms with Crippen LogP contribution in [0.2, 0.25) is 0 Å². The highest BCUT2D eigenvalue weighted by Crippen LogP contribution is 2.30. The molecule has 0 fully saturated rings. The first-order chi connectivity index (χ1) is 11.9. The van der Waals surface area contributed by atoms with Gasteiger partial charge in [0.05, 0.1) is 25.4 Å². The normalized spacial score (nSPS) is 11.6. The third kappa shape index (κ3) is 5.09. The minimum absolute atomic E-state index is 0.100. The zero-order valence-electron chi connectivity index (χ0n) is 14.2. The Balaban J connectivity index is 2.07. The fourth-order valence-electron chi connectivity index (χ4n) is 2.26. The molecule has 0 bridgehead atoms. The number of benzene rings is 2. The molecule has 0 radical (unpaired) electrons. The summed E-state index contributed by atoms with van der Waals surface area (Å²) in [6.07, 6.45) is 0. The molecule has 134 valence electrons. The molecule has 2 aromatic carbocycles. The Morgan fingerprint density at radius 3 is 2.68 bits per heavy atom. The second kappa shape index (κ2) is 8.71. The molecule has 7 heteroatoms. The van der Waals surface area contributed by atoms with E-state index in [1.165, 1.54) is 12.1 Å². The van der Waals surface area contributed by atoms with Crippen LogP contribution in [-0.2, 0) is 0 Å². The van der Waals surface area contributed by atoms with Crippen molar-refractivity contribution in [2.45, 2.75) is 19.9 Å². The summed E-state index contributed by atoms with van der Waals surface area (Å²) in [6.45, 7) is 4.25. The van der Waals surface area contributed by atoms with Crippen LogP contribution in [0.5, 0.6) is 11.5 Å². The zero-order chi connectivity index (χ0) is 18.4. The summed E-state index contributed by atoms with van der Waals surface area (Å²) in [6, 6.07) is 8.97. The Morgan fingerprint density at radius 2 is 2.00 bits per heavy atom. The Bertz CT molecular complexity index is 755. The average molecular weight is 411 g/mol. The lowest BCUT2D eigenvalue weighted by Gasteiger charge is -2.17. The number of nitrogens with one attached hydrogen (secondary N) is 2. The lowest BCUT2D eigenvalue weighted by Crippen LogP contribution is -2.31. The first-order valence-corrected chi connectivity index (χ1v) is 8.57. The summed E-state index contributed by atoms with van der Waals surface area (Å²) >= 11 is 3.24. The van der Waals surface area contributed by atoms with Crippen molar-refractivity contribution in [1.29, 1.82) is 0 Å². The number of hydrogen-bond acceptors (Lipinski definition) is 3. The van der Waals surface area contributed by atoms with E-state index in [-0.39, 0.29) is 11.7 Å². The van der Waals surface area contributed by atoms with Crippen molar-refractivity contribution in [2.75, 3.05) is 19.0 Å². The van der Waals surface area contributed by atoms with E-state index in [0.29, 0.717) is 22.6 Å². The van der Waals surface area contributed by atoms with Gasteiger partial charge in [0, 0.05) is 4.47 Å². The number of amides is 2. The molecule has 2 rings (SSSR count). The molecule has 0 saturated heterocycles. The fourth-order valence-corrected chi connectivity index (χ4v) is 2.62. The minimum atomic E-state index is -0.506. The topological polar surface area (TPSA) is 59.6 Å². The smallest absolute Gasteiger partial charge is 0.319 e. The van der Waals surface area contributed by atoms with Gasteiger partial charge in [-0.1, -0.05) is 22.0 Å². The summed E-state index contributed by atoms with van der Waals surface area (Å²) in [5.74, 6) is 0.724. The molecular weight excluding hydrogens is 391 g/mol. The first-order valence-electron chi connectivity index (χ1n) is 7.78. The molecule has 25 heavy (non-hydrogen) atoms. The number of urea groups is 1. The SMILES string of the molecule is CCOc1ccc(C(C)NC(=O)Nc2cc(Br)ccc2F)cc1OC. The number of rotatable bonds is 6. The number of hydrogen-bond donors (Lipinski definition) is 2. The number of methoxy groups -OCH3 is 1. The van der Waals surface area contributed by atoms with Gasteiger partial charge in [-0.05, 0) is 49.7 Å². The molecular formula is C18H20BrFN2O3. The van der Waals surface area contributed by atoms with Gasteiger partial charge in [-0.2, -0.15) is 0 Å². The number of ether oxygens (including phenoxy) is 2. The van der Waals surface area contributed by atoms with Crippen molar-refractivity contribution in [2.24, 2.45) is 0 Å². The molecule has 1 unspecified atom stereocenters. The molecule has 1 atom stereocenters. The van der Waals surface area contributed by atoms with E-state index in [1.807, 2.05) is 19.9 Å². The van der Waals surface area contributed by atoms with Gasteiger partial charge in [-0.3, -0.25) is 0 Å². The molecule has 0 saturated carbocycles. The van der Waals surface area contributed by atoms with E-state index >= 15 is 0 Å². The van der Waals surface area contributed by atoms with Crippen molar-refractivity contribution >= 4 is 27.6 Å². The van der Waals surface area contributed by atoms with Crippen LogP contribution in [0.25, 0.3) is 0 Å². The second-order valence-electron chi connectivity index (χ2n) is 5.29. The van der Waals surface area contributed by atoms with Crippen LogP contribution in [0, 0.1) is 5.82 Å². The van der Waals surface area contributed by atoms with Gasteiger partial charge in [0.1, 0.15) is 5.82 Å². The molecule has 2 N–H and O–H groups in total. The highest BCUT2D eigenvalue weighted by molar-refractivity contribution is 9.10. The largest absolute Gasteiger partial charge is 0.493 e. The molecule has 2 amide bonds. The Kier molecular flexibility index (Phi) is 6.64. The minimum Gasteiger partial charge on any atom is -0.493 e. The van der Waals surface area contributed by atoms with Gasteiger partial charge >= 0.3 is 6.03 Å². The van der Waals surface area contributed by atoms with Crippen LogP contribution in [-0.4, -0.2) is 19.7 Å². The first kappa shape index (κ1) is 19.1. The van der Waals surface area contributed by atoms with Crippen molar-refractivity contribution in [3.63, 3.8) is 0 Å². The van der Waals surface area contributed by atoms with Crippen LogP contribution >= 0.6 is 15.9 Å². The van der Waals surface area contributed by atoms with Gasteiger partial charge in [0.25, 0.3) is 0 Å². The Labute approximate surface area is 154 Å². The third-order valence-electron chi connectivity index (χ3n) is 3.51. The molecule has 0 heterocycles. The standard InChI is InChI=1S/C18H20BrFN2O3/c1-4-25-16-8-5-12(9-17(16)24-3)11(2)21-18(23)22-15-10-13(19)6-7-14(15)20/h5-11H,4H2,1-3H3,(H2,21,22,23). The highest BCUT2D eigenvalue weighted by Gasteiger charge is 2.14. The molecule has 0 aromatic heterocycles. The summed E-state index contributed by atoms with van der Waals surface area (Å²) in [7, 11) is 1.56. The molecule has 0 aliphatic rings. The van der Waals surface area contributed by atoms with Gasteiger partial charge in [-0.25, -0.2) is 9.18 Å². The third-order valence-corrected chi connectivity index (χ3v) is 4.00. The van der Waals surface area contributed by atoms with Gasteiger partial charge in [0.15, 0.2) is 11.5 Å². The van der Waals surface area contributed by atoms with E-state index < -0.39 is 11.8 Å². The van der Waals surface area contributed by atoms with Crippen molar-refractivity contribution < 1.29 is 18.7 Å². The lowest BCUT2D eigenvalue weighted by molar-refractivity contribution is 0.249. The van der Waals surface area contributed by atoms with Gasteiger partial charge < -0.3 is 20.1 Å². The monoisotopic (exact) mass is 410 g/mol. The Hall–Kier alpha value is -2.28. The maximum atomic E-state index is 13.7. The van der Waals surface area contributed by atoms with Crippen molar-refractivity contribution in [3.05, 3.63) is 52.3 Å². The lowest BCUT2D eigenvalue weighted by atomic mass is 10.1. The van der Waals surface area contributed by atoms with Crippen LogP contribution in [0.15, 0.2) is 40.9 Å². The summed E-state index contributed by atoms with van der Waals surface area (Å²) in [5, 5.41) is 5.27. The van der Waals surface area contributed by atoms with E-state index in [0.717, 1.165) is 5.56 Å². The van der Waals surface area contributed by atoms with E-state index in [1.54, 1.807) is 25.3 Å². The number of carbonyl (C=O) groups is 1. The van der Waals surface area contributed by atoms with Crippen LogP contribution in [0.4, 0.5) is 14.9 Å². The van der Waals surface area contributed by atoms with Gasteiger partial charge in [0.2, 0.25) is 0 Å². The summed E-state index contributed by atoms with van der Waals surface area (Å²) in [4.78, 5) is 12.1. The predicted octanol–water partition coefficient (Wildman–Crippen LogP) is 4.88. The predicted molar refractivity (Wildman–Crippen MR) is 98.8 cm³/mol. The molecule has 5 nitrogen and oxygen atoms in total. The average Bonchev–Trinajstić information content (AvgIpc) is 2.58. The Morgan fingerprint density at radius 1 is 1.24 bits per heavy atom. The van der Waals surface area contributed by atoms with Crippen molar-refractivity contribution in [1.82, 2.24) is 5.32 Å². The quantitative estimate of drug-likeness (QED) is 0.713.